The fraction of sp³-hybridized carbons (Fsp3) is 0.273. The SMILES string of the molecule is Cc1c(Br)c2c(CN)cccc2n1C. The number of nitrogens with zero attached hydrogens (tertiary/aromatic N) is 1. The van der Waals surface area contributed by atoms with Crippen LogP contribution in [-0.2, 0) is 13.6 Å². The third kappa shape index (κ3) is 1.20. The van der Waals surface area contributed by atoms with Crippen molar-refractivity contribution in [1.82, 2.24) is 4.57 Å². The Balaban J connectivity index is 2.94. The highest BCUT2D eigenvalue weighted by Crippen LogP contribution is 2.32. The Kier molecular flexibility index (Phi) is 2.37. The molecule has 0 aliphatic heterocycles. The normalized spacial score (nSPS) is 11.1. The maximum atomic E-state index is 5.71. The largest absolute Gasteiger partial charge is 0.347 e. The van der Waals surface area contributed by atoms with Crippen molar-refractivity contribution < 1.29 is 0 Å². The Hall–Kier alpha value is -0.800. The van der Waals surface area contributed by atoms with E-state index in [1.54, 1.807) is 0 Å². The number of nitrogens with two attached hydrogens (primary N) is 1. The fourth-order valence-corrected chi connectivity index (χ4v) is 2.52. The molecule has 0 saturated carbocycles. The molecule has 0 aliphatic carbocycles. The predicted molar refractivity (Wildman–Crippen MR) is 63.2 cm³/mol. The van der Waals surface area contributed by atoms with Gasteiger partial charge in [-0.05, 0) is 34.5 Å². The Bertz CT molecular complexity index is 485. The zero-order valence-electron chi connectivity index (χ0n) is 8.34. The number of aryl methyl sites for hydroxylation is 1. The van der Waals surface area contributed by atoms with E-state index in [2.05, 4.69) is 52.7 Å². The number of hydrogen-bond donors (Lipinski definition) is 1. The van der Waals surface area contributed by atoms with Crippen LogP contribution >= 0.6 is 15.9 Å². The standard InChI is InChI=1S/C11H13BrN2/c1-7-11(12)10-8(6-13)4-3-5-9(10)14(7)2/h3-5H,6,13H2,1-2H3. The first-order valence-electron chi connectivity index (χ1n) is 4.59. The van der Waals surface area contributed by atoms with Gasteiger partial charge in [0.1, 0.15) is 0 Å². The minimum absolute atomic E-state index is 0.583. The summed E-state index contributed by atoms with van der Waals surface area (Å²) in [6.07, 6.45) is 0. The van der Waals surface area contributed by atoms with Gasteiger partial charge < -0.3 is 10.3 Å². The number of benzene rings is 1. The van der Waals surface area contributed by atoms with Crippen LogP contribution in [0.25, 0.3) is 10.9 Å². The van der Waals surface area contributed by atoms with E-state index in [4.69, 9.17) is 5.73 Å². The van der Waals surface area contributed by atoms with Crippen LogP contribution in [0.3, 0.4) is 0 Å². The van der Waals surface area contributed by atoms with Crippen LogP contribution in [0.5, 0.6) is 0 Å². The molecule has 0 bridgehead atoms. The lowest BCUT2D eigenvalue weighted by Crippen LogP contribution is -1.96. The Morgan fingerprint density at radius 1 is 1.43 bits per heavy atom. The molecule has 1 aromatic heterocycles. The lowest BCUT2D eigenvalue weighted by Gasteiger charge is -2.00. The van der Waals surface area contributed by atoms with Crippen molar-refractivity contribution in [3.63, 3.8) is 0 Å². The molecule has 2 N–H and O–H groups in total. The molecule has 1 heterocycles. The van der Waals surface area contributed by atoms with Crippen LogP contribution in [0.2, 0.25) is 0 Å². The van der Waals surface area contributed by atoms with Gasteiger partial charge in [-0.25, -0.2) is 0 Å². The van der Waals surface area contributed by atoms with E-state index < -0.39 is 0 Å². The second-order valence-corrected chi connectivity index (χ2v) is 4.27. The molecule has 0 aliphatic rings. The van der Waals surface area contributed by atoms with Gasteiger partial charge in [0, 0.05) is 34.7 Å². The Labute approximate surface area is 91.8 Å². The monoisotopic (exact) mass is 252 g/mol. The lowest BCUT2D eigenvalue weighted by atomic mass is 10.1. The summed E-state index contributed by atoms with van der Waals surface area (Å²) in [6, 6.07) is 6.25. The van der Waals surface area contributed by atoms with Gasteiger partial charge in [-0.3, -0.25) is 0 Å². The Morgan fingerprint density at radius 3 is 2.79 bits per heavy atom. The summed E-state index contributed by atoms with van der Waals surface area (Å²) in [7, 11) is 2.07. The average Bonchev–Trinajstić information content (AvgIpc) is 2.44. The van der Waals surface area contributed by atoms with Gasteiger partial charge in [-0.15, -0.1) is 0 Å². The summed E-state index contributed by atoms with van der Waals surface area (Å²) in [5.74, 6) is 0. The van der Waals surface area contributed by atoms with Gasteiger partial charge in [0.15, 0.2) is 0 Å². The molecule has 74 valence electrons. The van der Waals surface area contributed by atoms with Gasteiger partial charge in [-0.2, -0.15) is 0 Å². The maximum absolute atomic E-state index is 5.71. The fourth-order valence-electron chi connectivity index (χ4n) is 1.80. The molecule has 0 saturated heterocycles. The van der Waals surface area contributed by atoms with Crippen LogP contribution in [-0.4, -0.2) is 4.57 Å². The third-order valence-electron chi connectivity index (χ3n) is 2.75. The highest BCUT2D eigenvalue weighted by Gasteiger charge is 2.11. The van der Waals surface area contributed by atoms with E-state index in [0.29, 0.717) is 6.54 Å². The molecule has 0 spiro atoms. The molecule has 2 rings (SSSR count). The van der Waals surface area contributed by atoms with Crippen molar-refractivity contribution >= 4 is 26.8 Å². The zero-order chi connectivity index (χ0) is 10.3. The molecule has 2 nitrogen and oxygen atoms in total. The predicted octanol–water partition coefficient (Wildman–Crippen LogP) is 2.71. The summed E-state index contributed by atoms with van der Waals surface area (Å²) in [4.78, 5) is 0. The van der Waals surface area contributed by atoms with Crippen molar-refractivity contribution in [2.24, 2.45) is 12.8 Å². The van der Waals surface area contributed by atoms with Crippen LogP contribution < -0.4 is 5.73 Å². The van der Waals surface area contributed by atoms with Gasteiger partial charge >= 0.3 is 0 Å². The first kappa shape index (κ1) is 9.74. The topological polar surface area (TPSA) is 30.9 Å². The average molecular weight is 253 g/mol. The number of hydrogen-bond acceptors (Lipinski definition) is 1. The molecule has 0 radical (unpaired) electrons. The van der Waals surface area contributed by atoms with E-state index in [1.807, 2.05) is 0 Å². The molecule has 0 amide bonds. The molecular weight excluding hydrogens is 240 g/mol. The second kappa shape index (κ2) is 3.41. The smallest absolute Gasteiger partial charge is 0.0494 e. The molecule has 14 heavy (non-hydrogen) atoms. The van der Waals surface area contributed by atoms with E-state index in [9.17, 15) is 0 Å². The van der Waals surface area contributed by atoms with Crippen LogP contribution in [0, 0.1) is 6.92 Å². The molecule has 0 fully saturated rings. The molecule has 0 atom stereocenters. The van der Waals surface area contributed by atoms with Crippen molar-refractivity contribution in [2.75, 3.05) is 0 Å². The number of halogens is 1. The highest BCUT2D eigenvalue weighted by molar-refractivity contribution is 9.10. The first-order chi connectivity index (χ1) is 6.66. The maximum Gasteiger partial charge on any atom is 0.0494 e. The lowest BCUT2D eigenvalue weighted by molar-refractivity contribution is 0.914. The molecular formula is C11H13BrN2. The first-order valence-corrected chi connectivity index (χ1v) is 5.38. The Morgan fingerprint density at radius 2 is 2.14 bits per heavy atom. The third-order valence-corrected chi connectivity index (χ3v) is 3.72. The van der Waals surface area contributed by atoms with Crippen molar-refractivity contribution in [3.05, 3.63) is 33.9 Å². The highest BCUT2D eigenvalue weighted by atomic mass is 79.9. The summed E-state index contributed by atoms with van der Waals surface area (Å²) >= 11 is 3.62. The van der Waals surface area contributed by atoms with Gasteiger partial charge in [0.2, 0.25) is 0 Å². The molecule has 2 aromatic rings. The summed E-state index contributed by atoms with van der Waals surface area (Å²) < 4.78 is 3.34. The van der Waals surface area contributed by atoms with E-state index in [1.165, 1.54) is 22.2 Å². The van der Waals surface area contributed by atoms with Crippen LogP contribution in [0.4, 0.5) is 0 Å². The van der Waals surface area contributed by atoms with Gasteiger partial charge in [-0.1, -0.05) is 12.1 Å². The van der Waals surface area contributed by atoms with Gasteiger partial charge in [0.25, 0.3) is 0 Å². The van der Waals surface area contributed by atoms with Crippen molar-refractivity contribution in [1.29, 1.82) is 0 Å². The minimum Gasteiger partial charge on any atom is -0.347 e. The zero-order valence-corrected chi connectivity index (χ0v) is 9.93. The number of fused-ring (bicyclic) bond motifs is 1. The van der Waals surface area contributed by atoms with Crippen LogP contribution in [0.15, 0.2) is 22.7 Å². The van der Waals surface area contributed by atoms with E-state index >= 15 is 0 Å². The van der Waals surface area contributed by atoms with Gasteiger partial charge in [0.05, 0.1) is 0 Å². The molecule has 3 heteroatoms. The number of aromatic nitrogens is 1. The number of rotatable bonds is 1. The van der Waals surface area contributed by atoms with E-state index in [0.717, 1.165) is 4.47 Å². The second-order valence-electron chi connectivity index (χ2n) is 3.47. The molecule has 1 aromatic carbocycles. The van der Waals surface area contributed by atoms with Crippen molar-refractivity contribution in [2.45, 2.75) is 13.5 Å². The summed E-state index contributed by atoms with van der Waals surface area (Å²) in [5, 5.41) is 1.25. The summed E-state index contributed by atoms with van der Waals surface area (Å²) in [5.41, 5.74) is 9.38. The van der Waals surface area contributed by atoms with E-state index in [-0.39, 0.29) is 0 Å². The summed E-state index contributed by atoms with van der Waals surface area (Å²) in [6.45, 7) is 2.68. The minimum atomic E-state index is 0.583. The van der Waals surface area contributed by atoms with Crippen molar-refractivity contribution in [3.8, 4) is 0 Å². The molecule has 0 unspecified atom stereocenters. The van der Waals surface area contributed by atoms with Crippen LogP contribution in [0.1, 0.15) is 11.3 Å². The quantitative estimate of drug-likeness (QED) is 0.832.